The zero-order valence-corrected chi connectivity index (χ0v) is 31.4. The molecule has 6 nitrogen and oxygen atoms in total. The number of nitrogens with zero attached hydrogens (tertiary/aromatic N) is 3. The molecular formula is C41H56N4O2S. The van der Waals surface area contributed by atoms with Crippen molar-refractivity contribution in [1.29, 1.82) is 0 Å². The van der Waals surface area contributed by atoms with Crippen molar-refractivity contribution in [3.8, 4) is 23.2 Å². The summed E-state index contributed by atoms with van der Waals surface area (Å²) in [4.78, 5) is 8.59. The molecule has 48 heavy (non-hydrogen) atoms. The van der Waals surface area contributed by atoms with Crippen molar-refractivity contribution in [1.82, 2.24) is 10.1 Å². The molecule has 3 heterocycles. The Kier molecular flexibility index (Phi) is 19.0. The Balaban J connectivity index is 0.000000320. The first kappa shape index (κ1) is 40.3. The predicted octanol–water partition coefficient (Wildman–Crippen LogP) is 10.6. The Labute approximate surface area is 294 Å². The summed E-state index contributed by atoms with van der Waals surface area (Å²) < 4.78 is 11.4. The van der Waals surface area contributed by atoms with Crippen LogP contribution in [0.5, 0.6) is 0 Å². The second-order valence-electron chi connectivity index (χ2n) is 11.4. The molecular weight excluding hydrogens is 613 g/mol. The Morgan fingerprint density at radius 1 is 1.10 bits per heavy atom. The zero-order valence-electron chi connectivity index (χ0n) is 30.6. The second kappa shape index (κ2) is 22.7. The van der Waals surface area contributed by atoms with Gasteiger partial charge in [-0.1, -0.05) is 87.5 Å². The van der Waals surface area contributed by atoms with Gasteiger partial charge in [0.2, 0.25) is 0 Å². The molecule has 1 aromatic carbocycles. The van der Waals surface area contributed by atoms with Gasteiger partial charge < -0.3 is 15.0 Å². The highest BCUT2D eigenvalue weighted by atomic mass is 32.2. The summed E-state index contributed by atoms with van der Waals surface area (Å²) in [6.07, 6.45) is 13.6. The first-order chi connectivity index (χ1) is 23.3. The van der Waals surface area contributed by atoms with Gasteiger partial charge in [0.05, 0.1) is 17.9 Å². The van der Waals surface area contributed by atoms with E-state index in [-0.39, 0.29) is 0 Å². The first-order valence-corrected chi connectivity index (χ1v) is 18.5. The second-order valence-corrected chi connectivity index (χ2v) is 12.4. The van der Waals surface area contributed by atoms with Crippen molar-refractivity contribution < 1.29 is 9.26 Å². The summed E-state index contributed by atoms with van der Waals surface area (Å²) >= 11 is 1.91. The topological polar surface area (TPSA) is 86.5 Å². The summed E-state index contributed by atoms with van der Waals surface area (Å²) in [5.41, 5.74) is 15.3. The van der Waals surface area contributed by atoms with E-state index >= 15 is 0 Å². The molecule has 1 saturated heterocycles. The van der Waals surface area contributed by atoms with Gasteiger partial charge in [-0.05, 0) is 78.0 Å². The number of allylic oxidation sites excluding steroid dienone is 4. The van der Waals surface area contributed by atoms with Crippen LogP contribution in [0.2, 0.25) is 0 Å². The molecule has 2 N–H and O–H groups in total. The summed E-state index contributed by atoms with van der Waals surface area (Å²) in [5, 5.41) is 4.14. The van der Waals surface area contributed by atoms with Crippen molar-refractivity contribution in [3.63, 3.8) is 0 Å². The summed E-state index contributed by atoms with van der Waals surface area (Å²) in [6, 6.07) is 14.0. The summed E-state index contributed by atoms with van der Waals surface area (Å²) in [7, 11) is 0. The van der Waals surface area contributed by atoms with Gasteiger partial charge in [0.15, 0.2) is 5.76 Å². The fourth-order valence-electron chi connectivity index (χ4n) is 4.95. The molecule has 0 saturated carbocycles. The number of hydrogen-bond donors (Lipinski definition) is 1. The van der Waals surface area contributed by atoms with E-state index in [1.54, 1.807) is 18.6 Å². The van der Waals surface area contributed by atoms with Crippen LogP contribution in [-0.4, -0.2) is 34.3 Å². The largest absolute Gasteiger partial charge is 0.398 e. The van der Waals surface area contributed by atoms with E-state index in [4.69, 9.17) is 15.0 Å². The number of pyridine rings is 1. The molecule has 2 unspecified atom stereocenters. The molecule has 4 rings (SSSR count). The van der Waals surface area contributed by atoms with E-state index in [0.29, 0.717) is 12.2 Å². The van der Waals surface area contributed by atoms with Crippen LogP contribution in [0.15, 0.2) is 98.6 Å². The lowest BCUT2D eigenvalue weighted by Crippen LogP contribution is -2.11. The van der Waals surface area contributed by atoms with Crippen molar-refractivity contribution in [2.24, 2.45) is 10.7 Å². The standard InChI is InChI=1S/C22H29N3.C17H21NO2S.C2H6/c1-6-9-12-20(14-13-19-11-10-15-24-16-19)21(18(5)25-8-3)22(23)17(4)7-2;1-12-8-9-15(19-12)10-21-11-16-13(2)18-20-17(16)14-6-4-3-5-7-14;1-2/h8,10-12,15-16H,6-7,9,23H2,1-5H3;3-7,12,15H,8-11H2,1-2H3;1-2H3/b20-12-,21-18-,22-17-,25-8?;;. The van der Waals surface area contributed by atoms with Gasteiger partial charge in [-0.25, -0.2) is 0 Å². The minimum atomic E-state index is 0.408. The Morgan fingerprint density at radius 3 is 2.46 bits per heavy atom. The lowest BCUT2D eigenvalue weighted by Gasteiger charge is -2.13. The van der Waals surface area contributed by atoms with Gasteiger partial charge in [0.25, 0.3) is 0 Å². The van der Waals surface area contributed by atoms with Crippen molar-refractivity contribution >= 4 is 18.0 Å². The molecule has 3 aromatic rings. The van der Waals surface area contributed by atoms with Crippen LogP contribution in [0, 0.1) is 18.8 Å². The number of aromatic nitrogens is 2. The van der Waals surface area contributed by atoms with Crippen molar-refractivity contribution in [3.05, 3.63) is 106 Å². The monoisotopic (exact) mass is 668 g/mol. The molecule has 1 aliphatic rings. The van der Waals surface area contributed by atoms with Crippen molar-refractivity contribution in [2.75, 3.05) is 5.75 Å². The lowest BCUT2D eigenvalue weighted by atomic mass is 9.96. The van der Waals surface area contributed by atoms with E-state index in [2.05, 4.69) is 72.9 Å². The number of rotatable bonds is 11. The maximum Gasteiger partial charge on any atom is 0.171 e. The molecule has 258 valence electrons. The van der Waals surface area contributed by atoms with E-state index in [1.807, 2.05) is 76.7 Å². The third kappa shape index (κ3) is 13.0. The third-order valence-corrected chi connectivity index (χ3v) is 8.84. The smallest absolute Gasteiger partial charge is 0.171 e. The van der Waals surface area contributed by atoms with E-state index in [9.17, 15) is 0 Å². The van der Waals surface area contributed by atoms with Crippen LogP contribution < -0.4 is 5.73 Å². The number of ether oxygens (including phenoxy) is 1. The number of aliphatic imine (C=N–C) groups is 1. The van der Waals surface area contributed by atoms with Crippen molar-refractivity contribution in [2.45, 2.75) is 112 Å². The van der Waals surface area contributed by atoms with Gasteiger partial charge in [0.1, 0.15) is 0 Å². The van der Waals surface area contributed by atoms with Crippen LogP contribution in [0.25, 0.3) is 11.3 Å². The number of aryl methyl sites for hydroxylation is 1. The number of thioether (sulfide) groups is 1. The maximum absolute atomic E-state index is 6.47. The van der Waals surface area contributed by atoms with Crippen LogP contribution in [-0.2, 0) is 10.5 Å². The Bertz CT molecular complexity index is 1560. The third-order valence-electron chi connectivity index (χ3n) is 7.74. The minimum Gasteiger partial charge on any atom is -0.398 e. The average Bonchev–Trinajstić information content (AvgIpc) is 3.71. The van der Waals surface area contributed by atoms with Crippen LogP contribution in [0.1, 0.15) is 104 Å². The minimum absolute atomic E-state index is 0.408. The fourth-order valence-corrected chi connectivity index (χ4v) is 6.12. The molecule has 2 atom stereocenters. The summed E-state index contributed by atoms with van der Waals surface area (Å²) in [5.74, 6) is 9.37. The Hall–Kier alpha value is -3.86. The highest BCUT2D eigenvalue weighted by Crippen LogP contribution is 2.31. The van der Waals surface area contributed by atoms with Gasteiger partial charge in [-0.2, -0.15) is 11.8 Å². The van der Waals surface area contributed by atoms with Crippen LogP contribution in [0.3, 0.4) is 0 Å². The number of unbranched alkanes of at least 4 members (excludes halogenated alkanes) is 1. The number of nitrogens with two attached hydrogens (primary N) is 1. The fraction of sp³-hybridized carbons (Fsp3) is 0.439. The van der Waals surface area contributed by atoms with E-state index in [0.717, 1.165) is 81.5 Å². The van der Waals surface area contributed by atoms with Gasteiger partial charge in [0, 0.05) is 69.3 Å². The molecule has 0 spiro atoms. The molecule has 0 aliphatic carbocycles. The molecule has 0 radical (unpaired) electrons. The highest BCUT2D eigenvalue weighted by molar-refractivity contribution is 7.98. The maximum atomic E-state index is 6.47. The quantitative estimate of drug-likeness (QED) is 0.124. The molecule has 0 bridgehead atoms. The SMILES string of the molecule is CC.CC=N/C(C)=C(C(/C#Cc1cccnc1)=C\CCC)\C(N)=C(/C)CC.Cc1noc(-c2ccccc2)c1CSCC1CCC(C)O1. The number of hydrogen-bond acceptors (Lipinski definition) is 7. The van der Waals surface area contributed by atoms with Crippen LogP contribution in [0.4, 0.5) is 0 Å². The van der Waals surface area contributed by atoms with Gasteiger partial charge >= 0.3 is 0 Å². The normalized spacial score (nSPS) is 16.9. The van der Waals surface area contributed by atoms with Gasteiger partial charge in [-0.3, -0.25) is 9.98 Å². The van der Waals surface area contributed by atoms with Gasteiger partial charge in [-0.15, -0.1) is 0 Å². The predicted molar refractivity (Wildman–Crippen MR) is 206 cm³/mol. The van der Waals surface area contributed by atoms with E-state index < -0.39 is 0 Å². The lowest BCUT2D eigenvalue weighted by molar-refractivity contribution is 0.0700. The summed E-state index contributed by atoms with van der Waals surface area (Å²) in [6.45, 7) is 18.4. The molecule has 7 heteroatoms. The average molecular weight is 669 g/mol. The highest BCUT2D eigenvalue weighted by Gasteiger charge is 2.22. The molecule has 1 aliphatic heterocycles. The molecule has 2 aromatic heterocycles. The van der Waals surface area contributed by atoms with Crippen LogP contribution >= 0.6 is 11.8 Å². The zero-order chi connectivity index (χ0) is 35.3. The molecule has 1 fully saturated rings. The Morgan fingerprint density at radius 2 is 1.85 bits per heavy atom. The molecule has 0 amide bonds. The number of benzene rings is 1. The van der Waals surface area contributed by atoms with E-state index in [1.165, 1.54) is 18.4 Å². The first-order valence-electron chi connectivity index (χ1n) is 17.3.